The Morgan fingerprint density at radius 1 is 0.326 bits per heavy atom. The van der Waals surface area contributed by atoms with Gasteiger partial charge in [-0.1, -0.05) is 41.3 Å². The molecule has 720 valence electrons. The van der Waals surface area contributed by atoms with E-state index >= 15 is 0 Å². The van der Waals surface area contributed by atoms with E-state index in [0.29, 0.717) is 20.1 Å². The van der Waals surface area contributed by atoms with Crippen molar-refractivity contribution in [3.8, 4) is 0 Å². The number of aromatic nitrogens is 18. The maximum atomic E-state index is 13.0. The first-order chi connectivity index (χ1) is 92.9. The fraction of sp³-hybridized carbons (Fsp3) is 0.500. The SMILES string of the molecule is [2H]c1nc(N(C)[C@@H]2[C@H](C([2H])([2H])[2H])C([2H])([2H])C([2H])([2H])N(C(=O)C([2H])([2H])[N+]#[C-])C2([2H])[2H])c2cc[nH]c2n1.[2H]c1nc(N(C)[C@@]2([2H])C([2H])([2H])N(C(=O)C([2H])([2H])[N+]#[C-])C([2H])([2H])C([2H])([2H])[C@@]2([2H])C)c2cc[nH]c2n1.[2H]c1nc(N(C)[C@H]2C([2H])([2H])N(C(=O)C([2H])([2H])[N+]#[C-])C([2H])([2H])C([2H])([2H])[C@@]2([2H])C([2H])([2H])[2H])c2cc[nH]c2n1.[2H]c1nc(N(C)[C@H]2C([2H])([2H])N(C(=O)C([2H])([2H])[N+]#[C-])C([2H])([2H])C([2H])([2H])[C@@]2([2H])C)c2cc[nH]c2n1.[2H]c1nc(N(C)[C@]2([2H])[C@H](C([2H])([2H])[2H])C([2H])([2H])C([2H])([2H])N(C(=O)C([2H])([2H])[N+]#[C-])C2([2H])[2H])c2cc[nH]c2n1.[2H]c1nc(N(C)[C@]2([2H])[C@H](C)C([2H])([2H])C([2H])([2H])N(C(=O)C([2H])([2H])[N+]#[C-])C2([2H])[2H])c2cc[nH]c2n1. The van der Waals surface area contributed by atoms with E-state index < -0.39 is 341 Å². The van der Waals surface area contributed by atoms with Gasteiger partial charge in [0, 0.05) is 207 Å². The van der Waals surface area contributed by atoms with Gasteiger partial charge in [0.05, 0.1) is 89.1 Å². The van der Waals surface area contributed by atoms with Crippen LogP contribution >= 0.6 is 0 Å². The lowest BCUT2D eigenvalue weighted by atomic mass is 9.92. The fourth-order valence-electron chi connectivity index (χ4n) is 12.9. The average Bonchev–Trinajstić information content (AvgIpc) is 1.47. The second-order valence-electron chi connectivity index (χ2n) is 27.9. The predicted octanol–water partition coefficient (Wildman–Crippen LogP) is 9.30. The second kappa shape index (κ2) is 46.5. The Morgan fingerprint density at radius 3 is 0.862 bits per heavy atom. The summed E-state index contributed by atoms with van der Waals surface area (Å²) in [6.07, 6.45) is -15.6. The van der Waals surface area contributed by atoms with E-state index in [9.17, 15) is 28.8 Å². The minimum atomic E-state index is -3.91. The maximum absolute atomic E-state index is 13.0. The fourth-order valence-corrected chi connectivity index (χ4v) is 12.9. The van der Waals surface area contributed by atoms with Gasteiger partial charge in [0.25, 0.3) is 39.0 Å². The van der Waals surface area contributed by atoms with Crippen LogP contribution in [0.15, 0.2) is 111 Å². The molecule has 0 spiro atoms. The first-order valence-electron chi connectivity index (χ1n) is 73.6. The third kappa shape index (κ3) is 23.1. The third-order valence-corrected chi connectivity index (χ3v) is 19.6. The summed E-state index contributed by atoms with van der Waals surface area (Å²) in [6, 6.07) is -7.47. The van der Waals surface area contributed by atoms with Crippen molar-refractivity contribution in [1.29, 1.82) is 0 Å². The molecule has 0 aliphatic carbocycles. The molecule has 6 saturated heterocycles. The van der Waals surface area contributed by atoms with Crippen LogP contribution in [0, 0.1) is 74.9 Å². The number of hydrogen-bond donors (Lipinski definition) is 6. The molecular weight excluding hydrogens is 1750 g/mol. The summed E-state index contributed by atoms with van der Waals surface area (Å²) in [4.78, 5) is 158. The van der Waals surface area contributed by atoms with Gasteiger partial charge in [-0.2, -0.15) is 0 Å². The van der Waals surface area contributed by atoms with Crippen molar-refractivity contribution in [3.63, 3.8) is 0 Å². The van der Waals surface area contributed by atoms with Gasteiger partial charge in [-0.25, -0.2) is 99.2 Å². The molecule has 18 heterocycles. The summed E-state index contributed by atoms with van der Waals surface area (Å²) in [6.45, 7) is -29.9. The number of nitrogens with one attached hydrogen (secondary N) is 6. The standard InChI is InChI=1S/6C16H20N6O/c6*1-11-5-7-22(14(23)8-17-2)9-13(11)21(3)16-12-4-6-18-15(12)19-10-20-16/h6*4,6,10-11,13H,5,7-9H2,1,3H3,(H,18,19,20)/t6*11-,13+/m111111/s1/i5D2,7D2,8D2,9D2,10D,11D,13D;1D3,5D2,7D2,8D2,9D2,10D,13D;1D3,5D2,7D2,8D2,9D2,10D,11D;5D2,7D2,8D2,9D2,10D,13D;5D2,7D2,8D2,9D2,10D,11D;1D3,5D2,7D2,8D2,9D2,10D. The molecule has 138 heavy (non-hydrogen) atoms. The quantitative estimate of drug-likeness (QED) is 0.0435. The average molecular weight is 1940 g/mol. The number of hydrogen-bond acceptors (Lipinski definition) is 24. The zero-order valence-electron chi connectivity index (χ0n) is 142. The van der Waals surface area contributed by atoms with E-state index in [1.807, 2.05) is 0 Å². The van der Waals surface area contributed by atoms with E-state index in [2.05, 4.69) is 119 Å². The molecule has 12 aromatic heterocycles. The number of nitrogens with zero attached hydrogens (tertiary/aromatic N) is 30. The van der Waals surface area contributed by atoms with Crippen molar-refractivity contribution in [2.24, 2.45) is 35.4 Å². The molecule has 0 radical (unpaired) electrons. The molecule has 6 aliphatic heterocycles. The molecule has 6 fully saturated rings. The molecular formula is C96H120N36O6. The van der Waals surface area contributed by atoms with Crippen molar-refractivity contribution < 1.29 is 123 Å². The van der Waals surface area contributed by atoms with E-state index in [-0.39, 0.29) is 105 Å². The van der Waals surface area contributed by atoms with Crippen LogP contribution in [0.1, 0.15) is 174 Å². The van der Waals surface area contributed by atoms with Crippen molar-refractivity contribution in [2.75, 3.05) is 189 Å². The maximum Gasteiger partial charge on any atom is 0.302 e. The van der Waals surface area contributed by atoms with Crippen LogP contribution in [0.4, 0.5) is 34.9 Å². The first-order valence-corrected chi connectivity index (χ1v) is 39.1. The van der Waals surface area contributed by atoms with Crippen molar-refractivity contribution in [1.82, 2.24) is 119 Å². The number of H-pyrrole nitrogens is 6. The molecule has 42 heteroatoms. The lowest BCUT2D eigenvalue weighted by molar-refractivity contribution is -0.131. The topological polar surface area (TPSA) is 417 Å². The molecule has 6 aliphatic rings. The number of likely N-dealkylation sites (tertiary alicyclic amines) is 6. The Morgan fingerprint density at radius 2 is 0.558 bits per heavy atom. The largest absolute Gasteiger partial charge is 0.354 e. The smallest absolute Gasteiger partial charge is 0.302 e. The van der Waals surface area contributed by atoms with Crippen molar-refractivity contribution in [2.45, 2.75) is 116 Å². The minimum Gasteiger partial charge on any atom is -0.354 e. The summed E-state index contributed by atoms with van der Waals surface area (Å²) in [7, 11) is 6.61. The summed E-state index contributed by atoms with van der Waals surface area (Å²) < 4.78 is 568. The molecule has 12 atom stereocenters. The Balaban J connectivity index is 0.000000199. The predicted molar refractivity (Wildman–Crippen MR) is 527 cm³/mol. The van der Waals surface area contributed by atoms with E-state index in [0.717, 1.165) is 63.7 Å². The van der Waals surface area contributed by atoms with Gasteiger partial charge >= 0.3 is 35.4 Å². The van der Waals surface area contributed by atoms with E-state index in [4.69, 9.17) is 134 Å². The number of piperidine rings is 6. The molecule has 0 bridgehead atoms. The van der Waals surface area contributed by atoms with Gasteiger partial charge in [0.1, 0.15) is 131 Å². The Bertz CT molecular complexity index is 10100. The molecule has 6 amide bonds. The van der Waals surface area contributed by atoms with Crippen LogP contribution in [0.25, 0.3) is 95.3 Å². The van der Waals surface area contributed by atoms with Crippen LogP contribution in [-0.2, 0) is 28.8 Å². The highest BCUT2D eigenvalue weighted by molar-refractivity contribution is 5.93. The summed E-state index contributed by atoms with van der Waals surface area (Å²) in [5.41, 5.74) is 0.732. The molecule has 18 rings (SSSR count). The first kappa shape index (κ1) is 43.5. The number of carbonyl (C=O) groups is 6. The summed E-state index contributed by atoms with van der Waals surface area (Å²) >= 11 is 0. The second-order valence-corrected chi connectivity index (χ2v) is 27.9. The van der Waals surface area contributed by atoms with Gasteiger partial charge in [-0.3, -0.25) is 28.8 Å². The zero-order valence-corrected chi connectivity index (χ0v) is 72.8. The van der Waals surface area contributed by atoms with Crippen LogP contribution in [0.2, 0.25) is 0 Å². The highest BCUT2D eigenvalue weighted by Gasteiger charge is 2.41. The number of likely N-dealkylation sites (N-methyl/N-ethyl adjacent to an activating group) is 6. The minimum absolute atomic E-state index is 0.0397. The van der Waals surface area contributed by atoms with Gasteiger partial charge in [-0.15, -0.1) is 0 Å². The highest BCUT2D eigenvalue weighted by Crippen LogP contribution is 2.37. The molecule has 0 saturated carbocycles. The highest BCUT2D eigenvalue weighted by atomic mass is 16.2. The number of aromatic amines is 6. The van der Waals surface area contributed by atoms with Gasteiger partial charge in [0.15, 0.2) is 0 Å². The third-order valence-electron chi connectivity index (χ3n) is 19.6. The zero-order chi connectivity index (χ0) is 160. The van der Waals surface area contributed by atoms with Crippen molar-refractivity contribution in [3.05, 3.63) is 180 Å². The Hall–Kier alpha value is -15.7. The van der Waals surface area contributed by atoms with Crippen LogP contribution in [0.3, 0.4) is 0 Å². The number of anilines is 6. The van der Waals surface area contributed by atoms with Crippen LogP contribution < -0.4 is 29.4 Å². The van der Waals surface area contributed by atoms with E-state index in [1.54, 1.807) is 0 Å². The molecule has 12 aromatic rings. The number of carbonyl (C=O) groups excluding carboxylic acids is 6. The Kier molecular flexibility index (Phi) is 14.7. The van der Waals surface area contributed by atoms with Gasteiger partial charge in [0.2, 0.25) is 0 Å². The van der Waals surface area contributed by atoms with Crippen molar-refractivity contribution >= 4 is 137 Å². The lowest BCUT2D eigenvalue weighted by Gasteiger charge is -2.41. The lowest BCUT2D eigenvalue weighted by Crippen LogP contribution is -2.53. The molecule has 42 nitrogen and oxygen atoms in total. The number of fused-ring (bicyclic) bond motifs is 6. The van der Waals surface area contributed by atoms with E-state index in [1.165, 1.54) is 87.7 Å². The van der Waals surface area contributed by atoms with Crippen LogP contribution in [0.5, 0.6) is 0 Å². The van der Waals surface area contributed by atoms with Crippen LogP contribution in [-0.4, -0.2) is 350 Å². The molecule has 6 N–H and O–H groups in total. The summed E-state index contributed by atoms with van der Waals surface area (Å²) in [5.74, 6) is -29.8. The Labute approximate surface area is 898 Å². The molecule has 0 aromatic carbocycles. The number of amides is 6. The molecule has 0 unspecified atom stereocenters. The summed E-state index contributed by atoms with van der Waals surface area (Å²) in [5, 5.41) is 1.10. The monoisotopic (exact) mass is 1940 g/mol. The van der Waals surface area contributed by atoms with Gasteiger partial charge in [-0.05, 0) is 110 Å². The number of rotatable bonds is 18. The van der Waals surface area contributed by atoms with Gasteiger partial charge < -0.3 is 118 Å². The normalized spacial score (nSPS) is 39.2.